The smallest absolute Gasteiger partial charge is 0.319 e. The van der Waals surface area contributed by atoms with Gasteiger partial charge >= 0.3 is 5.97 Å². The van der Waals surface area contributed by atoms with E-state index < -0.39 is 5.60 Å². The molecule has 0 bridgehead atoms. The number of alkyl halides is 1. The maximum atomic E-state index is 11.8. The number of carbonyl (C=O) groups excluding carboxylic acids is 1. The van der Waals surface area contributed by atoms with E-state index in [0.717, 1.165) is 18.6 Å². The van der Waals surface area contributed by atoms with Crippen molar-refractivity contribution in [3.8, 4) is 0 Å². The summed E-state index contributed by atoms with van der Waals surface area (Å²) in [5.74, 6) is 0.725. The van der Waals surface area contributed by atoms with Gasteiger partial charge in [0.1, 0.15) is 5.60 Å². The number of hydrogen-bond donors (Lipinski definition) is 0. The SMILES string of the molecule is CC(SCCCCCF)C(=O)OC(C)(C)C. The molecule has 1 unspecified atom stereocenters. The molecule has 0 spiro atoms. The van der Waals surface area contributed by atoms with E-state index in [9.17, 15) is 9.18 Å². The van der Waals surface area contributed by atoms with Crippen molar-refractivity contribution in [3.63, 3.8) is 0 Å². The normalized spacial score (nSPS) is 13.6. The van der Waals surface area contributed by atoms with E-state index in [1.165, 1.54) is 0 Å². The molecule has 0 aromatic rings. The lowest BCUT2D eigenvalue weighted by atomic mass is 10.2. The minimum Gasteiger partial charge on any atom is -0.459 e. The molecule has 0 aromatic carbocycles. The van der Waals surface area contributed by atoms with Crippen LogP contribution in [-0.4, -0.2) is 29.2 Å². The Balaban J connectivity index is 3.64. The monoisotopic (exact) mass is 250 g/mol. The fraction of sp³-hybridized carbons (Fsp3) is 0.917. The minimum absolute atomic E-state index is 0.135. The third-order valence-electron chi connectivity index (χ3n) is 1.88. The second-order valence-corrected chi connectivity index (χ2v) is 6.24. The molecular formula is C12H23FO2S. The molecule has 0 aliphatic rings. The van der Waals surface area contributed by atoms with Gasteiger partial charge in [0.15, 0.2) is 0 Å². The Bertz CT molecular complexity index is 202. The topological polar surface area (TPSA) is 26.3 Å². The van der Waals surface area contributed by atoms with Gasteiger partial charge in [0.25, 0.3) is 0 Å². The van der Waals surface area contributed by atoms with Crippen molar-refractivity contribution in [1.29, 1.82) is 0 Å². The van der Waals surface area contributed by atoms with Crippen molar-refractivity contribution in [1.82, 2.24) is 0 Å². The molecule has 0 rings (SSSR count). The summed E-state index contributed by atoms with van der Waals surface area (Å²) in [5.41, 5.74) is -0.417. The summed E-state index contributed by atoms with van der Waals surface area (Å²) in [5, 5.41) is -0.135. The van der Waals surface area contributed by atoms with Crippen LogP contribution in [0, 0.1) is 0 Å². The molecule has 0 saturated heterocycles. The number of ether oxygens (including phenoxy) is 1. The fourth-order valence-electron chi connectivity index (χ4n) is 1.09. The largest absolute Gasteiger partial charge is 0.459 e. The molecule has 1 atom stereocenters. The van der Waals surface area contributed by atoms with E-state index in [-0.39, 0.29) is 17.9 Å². The van der Waals surface area contributed by atoms with E-state index in [1.54, 1.807) is 11.8 Å². The first-order valence-electron chi connectivity index (χ1n) is 5.77. The number of rotatable bonds is 7. The molecule has 0 heterocycles. The lowest BCUT2D eigenvalue weighted by molar-refractivity contribution is -0.153. The summed E-state index contributed by atoms with van der Waals surface area (Å²) in [7, 11) is 0. The minimum atomic E-state index is -0.417. The quantitative estimate of drug-likeness (QED) is 0.510. The van der Waals surface area contributed by atoms with Crippen LogP contribution in [0.4, 0.5) is 4.39 Å². The van der Waals surface area contributed by atoms with Crippen LogP contribution in [-0.2, 0) is 9.53 Å². The Hall–Kier alpha value is -0.250. The molecule has 96 valence electrons. The highest BCUT2D eigenvalue weighted by Crippen LogP contribution is 2.18. The van der Waals surface area contributed by atoms with E-state index in [4.69, 9.17) is 4.74 Å². The van der Waals surface area contributed by atoms with Crippen molar-refractivity contribution in [2.75, 3.05) is 12.4 Å². The van der Waals surface area contributed by atoms with Gasteiger partial charge in [-0.05, 0) is 46.3 Å². The third kappa shape index (κ3) is 9.01. The van der Waals surface area contributed by atoms with Crippen LogP contribution in [0.5, 0.6) is 0 Å². The van der Waals surface area contributed by atoms with Crippen LogP contribution in [0.25, 0.3) is 0 Å². The second kappa shape index (κ2) is 7.93. The molecule has 0 fully saturated rings. The number of hydrogen-bond acceptors (Lipinski definition) is 3. The molecule has 0 aromatic heterocycles. The first-order chi connectivity index (χ1) is 7.37. The Labute approximate surface area is 102 Å². The van der Waals surface area contributed by atoms with Crippen molar-refractivity contribution < 1.29 is 13.9 Å². The van der Waals surface area contributed by atoms with Crippen LogP contribution in [0.1, 0.15) is 47.0 Å². The molecule has 0 aliphatic heterocycles. The molecular weight excluding hydrogens is 227 g/mol. The molecule has 0 N–H and O–H groups in total. The van der Waals surface area contributed by atoms with Gasteiger partial charge in [0.05, 0.1) is 11.9 Å². The van der Waals surface area contributed by atoms with Gasteiger partial charge < -0.3 is 4.74 Å². The average molecular weight is 250 g/mol. The van der Waals surface area contributed by atoms with E-state index in [0.29, 0.717) is 6.42 Å². The van der Waals surface area contributed by atoms with Gasteiger partial charge in [-0.15, -0.1) is 11.8 Å². The van der Waals surface area contributed by atoms with Gasteiger partial charge in [-0.1, -0.05) is 6.42 Å². The van der Waals surface area contributed by atoms with Crippen LogP contribution in [0.2, 0.25) is 0 Å². The van der Waals surface area contributed by atoms with E-state index in [2.05, 4.69) is 0 Å². The zero-order valence-corrected chi connectivity index (χ0v) is 11.5. The second-order valence-electron chi connectivity index (χ2n) is 4.80. The van der Waals surface area contributed by atoms with Gasteiger partial charge in [-0.25, -0.2) is 0 Å². The number of thioether (sulfide) groups is 1. The van der Waals surface area contributed by atoms with E-state index in [1.807, 2.05) is 27.7 Å². The van der Waals surface area contributed by atoms with Crippen LogP contribution in [0.3, 0.4) is 0 Å². The summed E-state index contributed by atoms with van der Waals surface area (Å²) in [4.78, 5) is 11.6. The van der Waals surface area contributed by atoms with E-state index >= 15 is 0 Å². The van der Waals surface area contributed by atoms with Gasteiger partial charge in [-0.3, -0.25) is 9.18 Å². The Morgan fingerprint density at radius 2 is 1.94 bits per heavy atom. The average Bonchev–Trinajstić information content (AvgIpc) is 2.14. The lowest BCUT2D eigenvalue weighted by Gasteiger charge is -2.22. The molecule has 0 radical (unpaired) electrons. The fourth-order valence-corrected chi connectivity index (χ4v) is 1.99. The Morgan fingerprint density at radius 1 is 1.31 bits per heavy atom. The first kappa shape index (κ1) is 15.8. The van der Waals surface area contributed by atoms with Crippen molar-refractivity contribution in [3.05, 3.63) is 0 Å². The Morgan fingerprint density at radius 3 is 2.44 bits per heavy atom. The molecule has 16 heavy (non-hydrogen) atoms. The summed E-state index contributed by atoms with van der Waals surface area (Å²) >= 11 is 1.58. The zero-order valence-electron chi connectivity index (χ0n) is 10.7. The predicted molar refractivity (Wildman–Crippen MR) is 67.6 cm³/mol. The molecule has 0 saturated carbocycles. The maximum absolute atomic E-state index is 11.8. The standard InChI is InChI=1S/C12H23FO2S/c1-10(11(14)15-12(2,3)4)16-9-7-5-6-8-13/h10H,5-9H2,1-4H3. The summed E-state index contributed by atoms with van der Waals surface area (Å²) in [6.07, 6.45) is 2.48. The van der Waals surface area contributed by atoms with Gasteiger partial charge in [0.2, 0.25) is 0 Å². The van der Waals surface area contributed by atoms with Crippen LogP contribution in [0.15, 0.2) is 0 Å². The lowest BCUT2D eigenvalue weighted by Crippen LogP contribution is -2.29. The van der Waals surface area contributed by atoms with Crippen molar-refractivity contribution >= 4 is 17.7 Å². The summed E-state index contributed by atoms with van der Waals surface area (Å²) in [6, 6.07) is 0. The number of carbonyl (C=O) groups is 1. The third-order valence-corrected chi connectivity index (χ3v) is 3.10. The van der Waals surface area contributed by atoms with Gasteiger partial charge in [0, 0.05) is 0 Å². The number of unbranched alkanes of at least 4 members (excludes halogenated alkanes) is 2. The van der Waals surface area contributed by atoms with Crippen molar-refractivity contribution in [2.24, 2.45) is 0 Å². The highest BCUT2D eigenvalue weighted by atomic mass is 32.2. The van der Waals surface area contributed by atoms with Crippen LogP contribution < -0.4 is 0 Å². The highest BCUT2D eigenvalue weighted by molar-refractivity contribution is 8.00. The number of halogens is 1. The summed E-state index contributed by atoms with van der Waals surface area (Å²) < 4.78 is 17.1. The predicted octanol–water partition coefficient (Wildman–Crippen LogP) is 3.59. The number of esters is 1. The highest BCUT2D eigenvalue weighted by Gasteiger charge is 2.21. The molecule has 0 aliphatic carbocycles. The zero-order chi connectivity index (χ0) is 12.6. The van der Waals surface area contributed by atoms with Gasteiger partial charge in [-0.2, -0.15) is 0 Å². The van der Waals surface area contributed by atoms with Crippen LogP contribution >= 0.6 is 11.8 Å². The summed E-state index contributed by atoms with van der Waals surface area (Å²) in [6.45, 7) is 7.21. The maximum Gasteiger partial charge on any atom is 0.319 e. The molecule has 2 nitrogen and oxygen atoms in total. The van der Waals surface area contributed by atoms with Crippen molar-refractivity contribution in [2.45, 2.75) is 57.8 Å². The molecule has 0 amide bonds. The first-order valence-corrected chi connectivity index (χ1v) is 6.82. The Kier molecular flexibility index (Phi) is 7.81. The molecule has 4 heteroatoms.